The molecule has 0 saturated carbocycles. The molecule has 2 heteroatoms. The molecule has 0 amide bonds. The molecule has 0 atom stereocenters. The Bertz CT molecular complexity index is 284. The van der Waals surface area contributed by atoms with Crippen molar-refractivity contribution in [1.29, 1.82) is 0 Å². The van der Waals surface area contributed by atoms with Gasteiger partial charge < -0.3 is 4.90 Å². The third-order valence-corrected chi connectivity index (χ3v) is 2.87. The molecule has 2 nitrogen and oxygen atoms in total. The van der Waals surface area contributed by atoms with Crippen LogP contribution in [0.15, 0.2) is 18.3 Å². The largest absolute Gasteiger partial charge is 0.357 e. The van der Waals surface area contributed by atoms with Crippen LogP contribution in [0.3, 0.4) is 0 Å². The van der Waals surface area contributed by atoms with Crippen molar-refractivity contribution >= 4 is 5.82 Å². The van der Waals surface area contributed by atoms with Gasteiger partial charge in [0.1, 0.15) is 5.82 Å². The van der Waals surface area contributed by atoms with Crippen molar-refractivity contribution in [3.8, 4) is 0 Å². The smallest absolute Gasteiger partial charge is 0.128 e. The molecule has 16 heavy (non-hydrogen) atoms. The van der Waals surface area contributed by atoms with Crippen LogP contribution in [0.2, 0.25) is 0 Å². The lowest BCUT2D eigenvalue weighted by atomic mass is 10.1. The molecule has 1 aromatic heterocycles. The zero-order valence-electron chi connectivity index (χ0n) is 11.0. The minimum atomic E-state index is 0.579. The Labute approximate surface area is 99.7 Å². The third-order valence-electron chi connectivity index (χ3n) is 2.87. The summed E-state index contributed by atoms with van der Waals surface area (Å²) in [6, 6.07) is 4.35. The van der Waals surface area contributed by atoms with Gasteiger partial charge in [-0.05, 0) is 30.4 Å². The van der Waals surface area contributed by atoms with Crippen LogP contribution in [0.5, 0.6) is 0 Å². The summed E-state index contributed by atoms with van der Waals surface area (Å²) in [5, 5.41) is 0. The van der Waals surface area contributed by atoms with Gasteiger partial charge >= 0.3 is 0 Å². The van der Waals surface area contributed by atoms with E-state index in [1.807, 2.05) is 20.0 Å². The highest BCUT2D eigenvalue weighted by molar-refractivity contribution is 5.40. The Morgan fingerprint density at radius 1 is 1.12 bits per heavy atom. The number of pyridine rings is 1. The lowest BCUT2D eigenvalue weighted by molar-refractivity contribution is 0.851. The predicted octanol–water partition coefficient (Wildman–Crippen LogP) is 3.83. The first-order valence-corrected chi connectivity index (χ1v) is 6.48. The molecular weight excluding hydrogens is 196 g/mol. The Morgan fingerprint density at radius 2 is 1.75 bits per heavy atom. The summed E-state index contributed by atoms with van der Waals surface area (Å²) in [4.78, 5) is 6.87. The summed E-state index contributed by atoms with van der Waals surface area (Å²) in [6.07, 6.45) is 4.64. The summed E-state index contributed by atoms with van der Waals surface area (Å²) in [6.45, 7) is 10.8. The van der Waals surface area contributed by atoms with Gasteiger partial charge in [-0.15, -0.1) is 0 Å². The second-order valence-electron chi connectivity index (χ2n) is 4.30. The second kappa shape index (κ2) is 6.51. The highest BCUT2D eigenvalue weighted by Crippen LogP contribution is 2.20. The average molecular weight is 220 g/mol. The van der Waals surface area contributed by atoms with E-state index in [0.717, 1.165) is 5.82 Å². The van der Waals surface area contributed by atoms with Crippen molar-refractivity contribution in [2.45, 2.75) is 46.5 Å². The van der Waals surface area contributed by atoms with Gasteiger partial charge in [0.2, 0.25) is 0 Å². The molecule has 1 saturated heterocycles. The van der Waals surface area contributed by atoms with Gasteiger partial charge in [-0.1, -0.05) is 33.8 Å². The summed E-state index contributed by atoms with van der Waals surface area (Å²) in [5.74, 6) is 1.72. The van der Waals surface area contributed by atoms with Crippen LogP contribution < -0.4 is 4.90 Å². The van der Waals surface area contributed by atoms with Gasteiger partial charge in [0, 0.05) is 19.3 Å². The maximum absolute atomic E-state index is 4.51. The molecule has 0 aromatic carbocycles. The molecule has 0 spiro atoms. The van der Waals surface area contributed by atoms with Crippen LogP contribution in [0, 0.1) is 0 Å². The van der Waals surface area contributed by atoms with E-state index in [2.05, 4.69) is 35.9 Å². The standard InChI is InChI=1S/C12H18N2.C2H6/c1-10(2)11-5-6-12(13-9-11)14-7-3-4-8-14;1-2/h5-6,9-10H,3-4,7-8H2,1-2H3;1-2H3. The Balaban J connectivity index is 0.000000606. The fourth-order valence-electron chi connectivity index (χ4n) is 1.87. The van der Waals surface area contributed by atoms with E-state index in [0.29, 0.717) is 5.92 Å². The highest BCUT2D eigenvalue weighted by Gasteiger charge is 2.13. The van der Waals surface area contributed by atoms with E-state index >= 15 is 0 Å². The van der Waals surface area contributed by atoms with Gasteiger partial charge in [0.25, 0.3) is 0 Å². The molecule has 1 aromatic rings. The van der Waals surface area contributed by atoms with Gasteiger partial charge in [-0.25, -0.2) is 4.98 Å². The molecule has 2 heterocycles. The lowest BCUT2D eigenvalue weighted by Crippen LogP contribution is -2.18. The van der Waals surface area contributed by atoms with Crippen LogP contribution >= 0.6 is 0 Å². The van der Waals surface area contributed by atoms with Crippen molar-refractivity contribution in [1.82, 2.24) is 4.98 Å². The molecule has 0 unspecified atom stereocenters. The minimum Gasteiger partial charge on any atom is -0.357 e. The number of hydrogen-bond donors (Lipinski definition) is 0. The fourth-order valence-corrected chi connectivity index (χ4v) is 1.87. The summed E-state index contributed by atoms with van der Waals surface area (Å²) in [5.41, 5.74) is 1.33. The molecule has 0 N–H and O–H groups in total. The second-order valence-corrected chi connectivity index (χ2v) is 4.30. The topological polar surface area (TPSA) is 16.1 Å². The summed E-state index contributed by atoms with van der Waals surface area (Å²) < 4.78 is 0. The van der Waals surface area contributed by atoms with E-state index in [4.69, 9.17) is 0 Å². The predicted molar refractivity (Wildman–Crippen MR) is 71.1 cm³/mol. The fraction of sp³-hybridized carbons (Fsp3) is 0.643. The Hall–Kier alpha value is -1.05. The van der Waals surface area contributed by atoms with Crippen molar-refractivity contribution in [2.24, 2.45) is 0 Å². The lowest BCUT2D eigenvalue weighted by Gasteiger charge is -2.16. The van der Waals surface area contributed by atoms with Crippen molar-refractivity contribution < 1.29 is 0 Å². The monoisotopic (exact) mass is 220 g/mol. The van der Waals surface area contributed by atoms with Gasteiger partial charge in [-0.3, -0.25) is 0 Å². The summed E-state index contributed by atoms with van der Waals surface area (Å²) >= 11 is 0. The number of hydrogen-bond acceptors (Lipinski definition) is 2. The van der Waals surface area contributed by atoms with Crippen molar-refractivity contribution in [3.05, 3.63) is 23.9 Å². The number of aromatic nitrogens is 1. The minimum absolute atomic E-state index is 0.579. The highest BCUT2D eigenvalue weighted by atomic mass is 15.2. The molecule has 0 bridgehead atoms. The van der Waals surface area contributed by atoms with E-state index in [1.54, 1.807) is 0 Å². The average Bonchev–Trinajstić information content (AvgIpc) is 2.85. The third kappa shape index (κ3) is 3.22. The maximum atomic E-state index is 4.51. The van der Waals surface area contributed by atoms with Crippen LogP contribution in [0.1, 0.15) is 52.0 Å². The number of rotatable bonds is 2. The zero-order valence-corrected chi connectivity index (χ0v) is 11.0. The normalized spacial score (nSPS) is 14.9. The van der Waals surface area contributed by atoms with E-state index in [1.165, 1.54) is 31.5 Å². The van der Waals surface area contributed by atoms with Gasteiger partial charge in [-0.2, -0.15) is 0 Å². The van der Waals surface area contributed by atoms with E-state index in [9.17, 15) is 0 Å². The SMILES string of the molecule is CC.CC(C)c1ccc(N2CCCC2)nc1. The maximum Gasteiger partial charge on any atom is 0.128 e. The van der Waals surface area contributed by atoms with Crippen molar-refractivity contribution in [2.75, 3.05) is 18.0 Å². The number of anilines is 1. The van der Waals surface area contributed by atoms with Crippen LogP contribution in [0.4, 0.5) is 5.82 Å². The van der Waals surface area contributed by atoms with E-state index < -0.39 is 0 Å². The van der Waals surface area contributed by atoms with Gasteiger partial charge in [0.05, 0.1) is 0 Å². The zero-order chi connectivity index (χ0) is 12.0. The van der Waals surface area contributed by atoms with Crippen LogP contribution in [-0.2, 0) is 0 Å². The molecule has 1 aliphatic heterocycles. The van der Waals surface area contributed by atoms with Crippen LogP contribution in [-0.4, -0.2) is 18.1 Å². The Kier molecular flexibility index (Phi) is 5.30. The number of nitrogens with zero attached hydrogens (tertiary/aromatic N) is 2. The summed E-state index contributed by atoms with van der Waals surface area (Å²) in [7, 11) is 0. The first-order chi connectivity index (χ1) is 7.77. The quantitative estimate of drug-likeness (QED) is 0.753. The molecule has 0 radical (unpaired) electrons. The van der Waals surface area contributed by atoms with Crippen molar-refractivity contribution in [3.63, 3.8) is 0 Å². The first-order valence-electron chi connectivity index (χ1n) is 6.48. The molecule has 1 fully saturated rings. The molecule has 1 aliphatic rings. The van der Waals surface area contributed by atoms with E-state index in [-0.39, 0.29) is 0 Å². The molecule has 0 aliphatic carbocycles. The van der Waals surface area contributed by atoms with Crippen LogP contribution in [0.25, 0.3) is 0 Å². The Morgan fingerprint density at radius 3 is 2.19 bits per heavy atom. The molecule has 2 rings (SSSR count). The molecular formula is C14H24N2. The first kappa shape index (κ1) is 13.0. The van der Waals surface area contributed by atoms with Gasteiger partial charge in [0.15, 0.2) is 0 Å². The molecule has 90 valence electrons.